The summed E-state index contributed by atoms with van der Waals surface area (Å²) in [5, 5.41) is 15.8. The Balaban J connectivity index is 2.30. The standard InChI is InChI=1S/C8H15N3O2/c9-7(10)5-6-1-3-11(4-2-6)8(12)13/h6H,1-5H2,(H3,9,10)(H,12,13). The van der Waals surface area contributed by atoms with E-state index in [0.717, 1.165) is 12.8 Å². The van der Waals surface area contributed by atoms with Crippen LogP contribution < -0.4 is 5.73 Å². The molecular formula is C8H15N3O2. The molecule has 1 amide bonds. The highest BCUT2D eigenvalue weighted by Gasteiger charge is 2.22. The van der Waals surface area contributed by atoms with Gasteiger partial charge in [0.15, 0.2) is 0 Å². The summed E-state index contributed by atoms with van der Waals surface area (Å²) in [5.41, 5.74) is 5.27. The number of nitrogens with zero attached hydrogens (tertiary/aromatic N) is 1. The SMILES string of the molecule is N=C(N)CC1CCN(C(=O)O)CC1. The van der Waals surface area contributed by atoms with Crippen LogP contribution in [0.1, 0.15) is 19.3 Å². The Morgan fingerprint density at radius 3 is 2.46 bits per heavy atom. The molecule has 1 heterocycles. The molecule has 74 valence electrons. The fourth-order valence-corrected chi connectivity index (χ4v) is 1.64. The summed E-state index contributed by atoms with van der Waals surface area (Å²) in [4.78, 5) is 12.0. The summed E-state index contributed by atoms with van der Waals surface area (Å²) in [6, 6.07) is 0. The van der Waals surface area contributed by atoms with E-state index in [2.05, 4.69) is 0 Å². The van der Waals surface area contributed by atoms with Crippen LogP contribution in [0.2, 0.25) is 0 Å². The molecule has 0 saturated carbocycles. The summed E-state index contributed by atoms with van der Waals surface area (Å²) in [5.74, 6) is 0.599. The summed E-state index contributed by atoms with van der Waals surface area (Å²) < 4.78 is 0. The van der Waals surface area contributed by atoms with Crippen molar-refractivity contribution in [3.63, 3.8) is 0 Å². The fourth-order valence-electron chi connectivity index (χ4n) is 1.64. The number of carbonyl (C=O) groups is 1. The molecule has 13 heavy (non-hydrogen) atoms. The fraction of sp³-hybridized carbons (Fsp3) is 0.750. The van der Waals surface area contributed by atoms with E-state index in [0.29, 0.717) is 25.4 Å². The zero-order chi connectivity index (χ0) is 9.84. The first-order valence-electron chi connectivity index (χ1n) is 4.40. The molecule has 1 saturated heterocycles. The van der Waals surface area contributed by atoms with Crippen LogP contribution in [0.4, 0.5) is 4.79 Å². The maximum atomic E-state index is 10.5. The van der Waals surface area contributed by atoms with Crippen LogP contribution >= 0.6 is 0 Å². The first-order chi connectivity index (χ1) is 6.09. The average Bonchev–Trinajstić information content (AvgIpc) is 2.04. The summed E-state index contributed by atoms with van der Waals surface area (Å²) in [6.07, 6.45) is 1.41. The van der Waals surface area contributed by atoms with Gasteiger partial charge >= 0.3 is 6.09 Å². The van der Waals surface area contributed by atoms with E-state index in [-0.39, 0.29) is 5.84 Å². The molecule has 0 unspecified atom stereocenters. The third-order valence-electron chi connectivity index (χ3n) is 2.39. The Hall–Kier alpha value is -1.26. The second-order valence-corrected chi connectivity index (χ2v) is 3.44. The van der Waals surface area contributed by atoms with Crippen molar-refractivity contribution >= 4 is 11.9 Å². The molecule has 0 spiro atoms. The Bertz CT molecular complexity index is 209. The molecule has 0 aromatic carbocycles. The van der Waals surface area contributed by atoms with Crippen LogP contribution in [0.15, 0.2) is 0 Å². The van der Waals surface area contributed by atoms with Crippen LogP contribution in [0.5, 0.6) is 0 Å². The van der Waals surface area contributed by atoms with E-state index in [1.807, 2.05) is 0 Å². The third kappa shape index (κ3) is 2.93. The monoisotopic (exact) mass is 185 g/mol. The highest BCUT2D eigenvalue weighted by atomic mass is 16.4. The molecule has 0 radical (unpaired) electrons. The number of likely N-dealkylation sites (tertiary alicyclic amines) is 1. The minimum atomic E-state index is -0.846. The predicted molar refractivity (Wildman–Crippen MR) is 48.9 cm³/mol. The van der Waals surface area contributed by atoms with E-state index < -0.39 is 6.09 Å². The molecule has 1 fully saturated rings. The normalized spacial score (nSPS) is 18.6. The van der Waals surface area contributed by atoms with E-state index in [9.17, 15) is 4.79 Å². The molecule has 0 aromatic rings. The van der Waals surface area contributed by atoms with Crippen molar-refractivity contribution in [1.29, 1.82) is 5.41 Å². The topological polar surface area (TPSA) is 90.4 Å². The molecule has 5 heteroatoms. The molecule has 0 bridgehead atoms. The lowest BCUT2D eigenvalue weighted by molar-refractivity contribution is 0.125. The van der Waals surface area contributed by atoms with Gasteiger partial charge in [-0.2, -0.15) is 0 Å². The molecule has 4 N–H and O–H groups in total. The molecule has 1 rings (SSSR count). The minimum absolute atomic E-state index is 0.203. The summed E-state index contributed by atoms with van der Waals surface area (Å²) >= 11 is 0. The quantitative estimate of drug-likeness (QED) is 0.437. The Kier molecular flexibility index (Phi) is 3.11. The van der Waals surface area contributed by atoms with E-state index in [1.165, 1.54) is 4.90 Å². The number of amidine groups is 1. The number of piperidine rings is 1. The van der Waals surface area contributed by atoms with Crippen LogP contribution in [0.25, 0.3) is 0 Å². The lowest BCUT2D eigenvalue weighted by Gasteiger charge is -2.29. The third-order valence-corrected chi connectivity index (χ3v) is 2.39. The molecule has 0 atom stereocenters. The largest absolute Gasteiger partial charge is 0.465 e. The number of carboxylic acid groups (broad SMARTS) is 1. The van der Waals surface area contributed by atoms with Crippen molar-refractivity contribution in [3.05, 3.63) is 0 Å². The number of hydrogen-bond donors (Lipinski definition) is 3. The Morgan fingerprint density at radius 2 is 2.08 bits per heavy atom. The molecule has 0 aromatic heterocycles. The molecule has 0 aliphatic carbocycles. The summed E-state index contributed by atoms with van der Waals surface area (Å²) in [7, 11) is 0. The van der Waals surface area contributed by atoms with Crippen molar-refractivity contribution in [2.24, 2.45) is 11.7 Å². The molecule has 5 nitrogen and oxygen atoms in total. The maximum absolute atomic E-state index is 10.5. The molecular weight excluding hydrogens is 170 g/mol. The van der Waals surface area contributed by atoms with Gasteiger partial charge < -0.3 is 15.7 Å². The van der Waals surface area contributed by atoms with E-state index in [4.69, 9.17) is 16.2 Å². The lowest BCUT2D eigenvalue weighted by atomic mass is 9.93. The summed E-state index contributed by atoms with van der Waals surface area (Å²) in [6.45, 7) is 1.15. The predicted octanol–water partition coefficient (Wildman–Crippen LogP) is 0.702. The van der Waals surface area contributed by atoms with Crippen LogP contribution in [0, 0.1) is 11.3 Å². The van der Waals surface area contributed by atoms with Crippen molar-refractivity contribution in [2.45, 2.75) is 19.3 Å². The number of amides is 1. The smallest absolute Gasteiger partial charge is 0.407 e. The van der Waals surface area contributed by atoms with Crippen LogP contribution in [0.3, 0.4) is 0 Å². The zero-order valence-electron chi connectivity index (χ0n) is 7.49. The van der Waals surface area contributed by atoms with Gasteiger partial charge in [0.25, 0.3) is 0 Å². The van der Waals surface area contributed by atoms with Crippen LogP contribution in [-0.2, 0) is 0 Å². The Morgan fingerprint density at radius 1 is 1.54 bits per heavy atom. The lowest BCUT2D eigenvalue weighted by Crippen LogP contribution is -2.38. The highest BCUT2D eigenvalue weighted by molar-refractivity contribution is 5.77. The molecule has 1 aliphatic heterocycles. The zero-order valence-corrected chi connectivity index (χ0v) is 7.49. The van der Waals surface area contributed by atoms with Gasteiger partial charge in [0, 0.05) is 19.5 Å². The second kappa shape index (κ2) is 4.11. The van der Waals surface area contributed by atoms with Gasteiger partial charge in [0.05, 0.1) is 5.84 Å². The van der Waals surface area contributed by atoms with E-state index in [1.54, 1.807) is 0 Å². The number of hydrogen-bond acceptors (Lipinski definition) is 2. The van der Waals surface area contributed by atoms with Gasteiger partial charge in [-0.15, -0.1) is 0 Å². The van der Waals surface area contributed by atoms with Crippen molar-refractivity contribution in [3.8, 4) is 0 Å². The van der Waals surface area contributed by atoms with Gasteiger partial charge in [-0.25, -0.2) is 4.79 Å². The molecule has 1 aliphatic rings. The van der Waals surface area contributed by atoms with Gasteiger partial charge in [0.2, 0.25) is 0 Å². The van der Waals surface area contributed by atoms with Crippen molar-refractivity contribution in [1.82, 2.24) is 4.90 Å². The second-order valence-electron chi connectivity index (χ2n) is 3.44. The van der Waals surface area contributed by atoms with Gasteiger partial charge in [0.1, 0.15) is 0 Å². The van der Waals surface area contributed by atoms with Gasteiger partial charge in [-0.1, -0.05) is 0 Å². The number of nitrogens with one attached hydrogen (secondary N) is 1. The van der Waals surface area contributed by atoms with Gasteiger partial charge in [-0.3, -0.25) is 5.41 Å². The van der Waals surface area contributed by atoms with Crippen LogP contribution in [-0.4, -0.2) is 35.0 Å². The maximum Gasteiger partial charge on any atom is 0.407 e. The first-order valence-corrected chi connectivity index (χ1v) is 4.40. The number of rotatable bonds is 2. The number of nitrogens with two attached hydrogens (primary N) is 1. The van der Waals surface area contributed by atoms with Gasteiger partial charge in [-0.05, 0) is 18.8 Å². The average molecular weight is 185 g/mol. The minimum Gasteiger partial charge on any atom is -0.465 e. The highest BCUT2D eigenvalue weighted by Crippen LogP contribution is 2.19. The van der Waals surface area contributed by atoms with Crippen molar-refractivity contribution < 1.29 is 9.90 Å². The van der Waals surface area contributed by atoms with Crippen molar-refractivity contribution in [2.75, 3.05) is 13.1 Å². The Labute approximate surface area is 77.0 Å². The van der Waals surface area contributed by atoms with E-state index >= 15 is 0 Å². The first kappa shape index (κ1) is 9.83.